The smallest absolute Gasteiger partial charge is 0.308 e. The minimum Gasteiger partial charge on any atom is -0.417 e. The highest BCUT2D eigenvalue weighted by atomic mass is 35.5. The van der Waals surface area contributed by atoms with Crippen LogP contribution >= 0.6 is 11.6 Å². The van der Waals surface area contributed by atoms with Crippen LogP contribution in [0.25, 0.3) is 0 Å². The van der Waals surface area contributed by atoms with Crippen LogP contribution in [0.4, 0.5) is 4.39 Å². The predicted octanol–water partition coefficient (Wildman–Crippen LogP) is 3.99. The molecule has 5 nitrogen and oxygen atoms in total. The molecule has 0 saturated carbocycles. The third-order valence-corrected chi connectivity index (χ3v) is 4.31. The lowest BCUT2D eigenvalue weighted by molar-refractivity contribution is 0.0915. The molecule has 0 spiro atoms. The van der Waals surface area contributed by atoms with Gasteiger partial charge >= 0.3 is 11.8 Å². The third kappa shape index (κ3) is 4.46. The zero-order valence-corrected chi connectivity index (χ0v) is 14.8. The van der Waals surface area contributed by atoms with Gasteiger partial charge in [0.25, 0.3) is 0 Å². The first-order valence-electron chi connectivity index (χ1n) is 8.12. The van der Waals surface area contributed by atoms with Gasteiger partial charge in [-0.15, -0.1) is 10.2 Å². The van der Waals surface area contributed by atoms with Gasteiger partial charge in [-0.25, -0.2) is 4.39 Å². The molecule has 26 heavy (non-hydrogen) atoms. The molecule has 0 aliphatic carbocycles. The van der Waals surface area contributed by atoms with Crippen LogP contribution in [-0.2, 0) is 6.42 Å². The quantitative estimate of drug-likeness (QED) is 0.709. The third-order valence-electron chi connectivity index (χ3n) is 3.96. The number of carbonyl (C=O) groups excluding carboxylic acids is 1. The van der Waals surface area contributed by atoms with Gasteiger partial charge in [0, 0.05) is 11.6 Å². The van der Waals surface area contributed by atoms with Crippen LogP contribution in [0.2, 0.25) is 5.02 Å². The van der Waals surface area contributed by atoms with Crippen molar-refractivity contribution in [2.75, 3.05) is 6.54 Å². The molecule has 1 N–H and O–H groups in total. The maximum Gasteiger partial charge on any atom is 0.308 e. The molecule has 2 aromatic carbocycles. The van der Waals surface area contributed by atoms with Crippen molar-refractivity contribution in [2.24, 2.45) is 0 Å². The summed E-state index contributed by atoms with van der Waals surface area (Å²) < 4.78 is 18.5. The minimum absolute atomic E-state index is 0.113. The molecule has 0 aliphatic heterocycles. The molecule has 0 radical (unpaired) electrons. The Bertz CT molecular complexity index is 899. The largest absolute Gasteiger partial charge is 0.417 e. The van der Waals surface area contributed by atoms with E-state index in [2.05, 4.69) is 15.5 Å². The second kappa shape index (κ2) is 8.10. The van der Waals surface area contributed by atoms with E-state index in [0.29, 0.717) is 12.1 Å². The van der Waals surface area contributed by atoms with E-state index in [0.717, 1.165) is 5.56 Å². The maximum absolute atomic E-state index is 13.1. The van der Waals surface area contributed by atoms with Crippen LogP contribution in [0.5, 0.6) is 0 Å². The highest BCUT2D eigenvalue weighted by molar-refractivity contribution is 6.31. The topological polar surface area (TPSA) is 68.0 Å². The van der Waals surface area contributed by atoms with Gasteiger partial charge in [-0.2, -0.15) is 0 Å². The standard InChI is InChI=1S/C19H17ClFN3O2/c1-12(13-5-3-2-4-6-13)11-22-18(25)19-24-23-17(26-19)9-14-7-8-15(21)10-16(14)20/h2-8,10,12H,9,11H2,1H3,(H,22,25). The average molecular weight is 374 g/mol. The molecular formula is C19H17ClFN3O2. The fourth-order valence-corrected chi connectivity index (χ4v) is 2.70. The van der Waals surface area contributed by atoms with Crippen molar-refractivity contribution < 1.29 is 13.6 Å². The molecule has 1 unspecified atom stereocenters. The van der Waals surface area contributed by atoms with Crippen molar-refractivity contribution in [1.29, 1.82) is 0 Å². The van der Waals surface area contributed by atoms with Crippen molar-refractivity contribution in [1.82, 2.24) is 15.5 Å². The highest BCUT2D eigenvalue weighted by Crippen LogP contribution is 2.20. The van der Waals surface area contributed by atoms with Crippen LogP contribution < -0.4 is 5.32 Å². The lowest BCUT2D eigenvalue weighted by Crippen LogP contribution is -2.27. The van der Waals surface area contributed by atoms with Crippen molar-refractivity contribution in [3.8, 4) is 0 Å². The van der Waals surface area contributed by atoms with Gasteiger partial charge in [0.05, 0.1) is 6.42 Å². The number of hydrogen-bond acceptors (Lipinski definition) is 4. The van der Waals surface area contributed by atoms with Crippen molar-refractivity contribution >= 4 is 17.5 Å². The molecule has 0 aliphatic rings. The van der Waals surface area contributed by atoms with E-state index < -0.39 is 11.7 Å². The van der Waals surface area contributed by atoms with Crippen LogP contribution in [0.1, 0.15) is 40.5 Å². The number of amides is 1. The summed E-state index contributed by atoms with van der Waals surface area (Å²) in [6.07, 6.45) is 0.222. The zero-order chi connectivity index (χ0) is 18.5. The number of benzene rings is 2. The molecule has 1 atom stereocenters. The van der Waals surface area contributed by atoms with E-state index in [1.807, 2.05) is 37.3 Å². The summed E-state index contributed by atoms with van der Waals surface area (Å²) in [5.41, 5.74) is 1.77. The highest BCUT2D eigenvalue weighted by Gasteiger charge is 2.17. The van der Waals surface area contributed by atoms with E-state index in [1.54, 1.807) is 6.07 Å². The summed E-state index contributed by atoms with van der Waals surface area (Å²) in [5, 5.41) is 10.7. The summed E-state index contributed by atoms with van der Waals surface area (Å²) in [6.45, 7) is 2.47. The van der Waals surface area contributed by atoms with Gasteiger partial charge < -0.3 is 9.73 Å². The van der Waals surface area contributed by atoms with E-state index >= 15 is 0 Å². The second-order valence-corrected chi connectivity index (χ2v) is 6.34. The van der Waals surface area contributed by atoms with Crippen LogP contribution in [0.15, 0.2) is 52.9 Å². The Hall–Kier alpha value is -2.73. The first kappa shape index (κ1) is 18.1. The van der Waals surface area contributed by atoms with Crippen molar-refractivity contribution in [3.05, 3.63) is 82.3 Å². The van der Waals surface area contributed by atoms with Gasteiger partial charge in [-0.3, -0.25) is 4.79 Å². The van der Waals surface area contributed by atoms with Crippen LogP contribution in [0.3, 0.4) is 0 Å². The Labute approximate surface area is 155 Å². The molecule has 0 bridgehead atoms. The monoisotopic (exact) mass is 373 g/mol. The summed E-state index contributed by atoms with van der Waals surface area (Å²) in [5.74, 6) is -0.576. The normalized spacial score (nSPS) is 12.0. The van der Waals surface area contributed by atoms with E-state index in [-0.39, 0.29) is 29.1 Å². The van der Waals surface area contributed by atoms with E-state index in [1.165, 1.54) is 12.1 Å². The molecule has 134 valence electrons. The first-order valence-corrected chi connectivity index (χ1v) is 8.50. The SMILES string of the molecule is CC(CNC(=O)c1nnc(Cc2ccc(F)cc2Cl)o1)c1ccccc1. The number of hydrogen-bond donors (Lipinski definition) is 1. The van der Waals surface area contributed by atoms with E-state index in [4.69, 9.17) is 16.0 Å². The number of nitrogens with one attached hydrogen (secondary N) is 1. The molecule has 3 rings (SSSR count). The molecule has 7 heteroatoms. The summed E-state index contributed by atoms with van der Waals surface area (Å²) >= 11 is 5.98. The van der Waals surface area contributed by atoms with Crippen molar-refractivity contribution in [2.45, 2.75) is 19.3 Å². The Morgan fingerprint density at radius 1 is 1.23 bits per heavy atom. The van der Waals surface area contributed by atoms with Crippen molar-refractivity contribution in [3.63, 3.8) is 0 Å². The Morgan fingerprint density at radius 3 is 2.73 bits per heavy atom. The average Bonchev–Trinajstić information content (AvgIpc) is 3.11. The fraction of sp³-hybridized carbons (Fsp3) is 0.211. The molecule has 0 saturated heterocycles. The lowest BCUT2D eigenvalue weighted by atomic mass is 10.0. The summed E-state index contributed by atoms with van der Waals surface area (Å²) in [6, 6.07) is 13.9. The zero-order valence-electron chi connectivity index (χ0n) is 14.1. The minimum atomic E-state index is -0.434. The predicted molar refractivity (Wildman–Crippen MR) is 95.7 cm³/mol. The summed E-state index contributed by atoms with van der Waals surface area (Å²) in [4.78, 5) is 12.2. The number of nitrogens with zero attached hydrogens (tertiary/aromatic N) is 2. The van der Waals surface area contributed by atoms with Gasteiger partial charge in [-0.1, -0.05) is 54.9 Å². The molecule has 1 heterocycles. The number of halogens is 2. The number of carbonyl (C=O) groups is 1. The van der Waals surface area contributed by atoms with Crippen LogP contribution in [-0.4, -0.2) is 22.6 Å². The molecule has 3 aromatic rings. The summed E-state index contributed by atoms with van der Waals surface area (Å²) in [7, 11) is 0. The molecule has 1 amide bonds. The van der Waals surface area contributed by atoms with Gasteiger partial charge in [0.15, 0.2) is 0 Å². The van der Waals surface area contributed by atoms with Gasteiger partial charge in [0.1, 0.15) is 5.82 Å². The van der Waals surface area contributed by atoms with Crippen LogP contribution in [0, 0.1) is 5.82 Å². The number of aromatic nitrogens is 2. The second-order valence-electron chi connectivity index (χ2n) is 5.94. The molecular weight excluding hydrogens is 357 g/mol. The van der Waals surface area contributed by atoms with E-state index in [9.17, 15) is 9.18 Å². The lowest BCUT2D eigenvalue weighted by Gasteiger charge is -2.11. The van der Waals surface area contributed by atoms with Gasteiger partial charge in [0.2, 0.25) is 5.89 Å². The van der Waals surface area contributed by atoms with Gasteiger partial charge in [-0.05, 0) is 29.2 Å². The Morgan fingerprint density at radius 2 is 2.00 bits per heavy atom. The fourth-order valence-electron chi connectivity index (χ4n) is 2.47. The molecule has 0 fully saturated rings. The maximum atomic E-state index is 13.1. The molecule has 1 aromatic heterocycles. The Kier molecular flexibility index (Phi) is 5.63. The first-order chi connectivity index (χ1) is 12.5. The Balaban J connectivity index is 1.59. The number of rotatable bonds is 6.